The van der Waals surface area contributed by atoms with Gasteiger partial charge < -0.3 is 14.2 Å². The number of nitrogens with zero attached hydrogens (tertiary/aromatic N) is 3. The summed E-state index contributed by atoms with van der Waals surface area (Å²) in [4.78, 5) is 18.5. The molecule has 1 aromatic heterocycles. The number of benzene rings is 1. The van der Waals surface area contributed by atoms with E-state index in [1.54, 1.807) is 6.33 Å². The highest BCUT2D eigenvalue weighted by Crippen LogP contribution is 2.18. The average molecular weight is 273 g/mol. The van der Waals surface area contributed by atoms with Crippen LogP contribution in [0.15, 0.2) is 18.5 Å². The van der Waals surface area contributed by atoms with Gasteiger partial charge in [0.1, 0.15) is 6.54 Å². The fraction of sp³-hybridized carbons (Fsp3) is 0.467. The first-order valence-electron chi connectivity index (χ1n) is 6.93. The number of hydrogen-bond acceptors (Lipinski definition) is 3. The van der Waals surface area contributed by atoms with Gasteiger partial charge in [0.25, 0.3) is 0 Å². The van der Waals surface area contributed by atoms with Crippen molar-refractivity contribution in [3.63, 3.8) is 0 Å². The van der Waals surface area contributed by atoms with Crippen molar-refractivity contribution in [1.82, 2.24) is 14.5 Å². The van der Waals surface area contributed by atoms with Crippen LogP contribution in [0, 0.1) is 13.8 Å². The molecule has 0 N–H and O–H groups in total. The monoisotopic (exact) mass is 273 g/mol. The van der Waals surface area contributed by atoms with Gasteiger partial charge in [-0.15, -0.1) is 0 Å². The molecule has 0 spiro atoms. The molecule has 0 unspecified atom stereocenters. The minimum Gasteiger partial charge on any atom is -0.378 e. The van der Waals surface area contributed by atoms with Gasteiger partial charge in [0.15, 0.2) is 0 Å². The molecular weight excluding hydrogens is 254 g/mol. The van der Waals surface area contributed by atoms with Crippen LogP contribution in [-0.4, -0.2) is 46.7 Å². The second-order valence-electron chi connectivity index (χ2n) is 5.29. The maximum Gasteiger partial charge on any atom is 0.242 e. The third-order valence-corrected chi connectivity index (χ3v) is 3.91. The van der Waals surface area contributed by atoms with Crippen molar-refractivity contribution >= 4 is 16.9 Å². The van der Waals surface area contributed by atoms with Gasteiger partial charge >= 0.3 is 0 Å². The highest BCUT2D eigenvalue weighted by molar-refractivity contribution is 5.81. The molecule has 1 saturated heterocycles. The third-order valence-electron chi connectivity index (χ3n) is 3.91. The molecule has 3 rings (SSSR count). The summed E-state index contributed by atoms with van der Waals surface area (Å²) in [6.07, 6.45) is 1.75. The summed E-state index contributed by atoms with van der Waals surface area (Å²) in [5, 5.41) is 0. The maximum atomic E-state index is 12.3. The highest BCUT2D eigenvalue weighted by atomic mass is 16.5. The minimum absolute atomic E-state index is 0.130. The number of aromatic nitrogens is 2. The van der Waals surface area contributed by atoms with E-state index in [4.69, 9.17) is 4.74 Å². The van der Waals surface area contributed by atoms with Crippen LogP contribution in [0.3, 0.4) is 0 Å². The molecular formula is C15H19N3O2. The van der Waals surface area contributed by atoms with Crippen molar-refractivity contribution in [2.75, 3.05) is 26.3 Å². The second-order valence-corrected chi connectivity index (χ2v) is 5.29. The Kier molecular flexibility index (Phi) is 3.44. The average Bonchev–Trinajstić information content (AvgIpc) is 2.83. The molecule has 1 aliphatic heterocycles. The van der Waals surface area contributed by atoms with E-state index in [-0.39, 0.29) is 5.91 Å². The second kappa shape index (κ2) is 5.25. The molecule has 5 heteroatoms. The van der Waals surface area contributed by atoms with Crippen molar-refractivity contribution in [3.05, 3.63) is 29.6 Å². The summed E-state index contributed by atoms with van der Waals surface area (Å²) in [5.41, 5.74) is 4.41. The van der Waals surface area contributed by atoms with Gasteiger partial charge in [0.05, 0.1) is 30.6 Å². The van der Waals surface area contributed by atoms with Gasteiger partial charge in [-0.2, -0.15) is 0 Å². The molecule has 0 radical (unpaired) electrons. The molecule has 5 nitrogen and oxygen atoms in total. The van der Waals surface area contributed by atoms with Crippen LogP contribution in [0.25, 0.3) is 11.0 Å². The first kappa shape index (κ1) is 13.1. The quantitative estimate of drug-likeness (QED) is 0.833. The molecule has 0 aliphatic carbocycles. The summed E-state index contributed by atoms with van der Waals surface area (Å²) >= 11 is 0. The lowest BCUT2D eigenvalue weighted by molar-refractivity contribution is -0.135. The van der Waals surface area contributed by atoms with Crippen molar-refractivity contribution in [2.45, 2.75) is 20.4 Å². The molecule has 0 atom stereocenters. The number of rotatable bonds is 2. The fourth-order valence-electron chi connectivity index (χ4n) is 2.50. The van der Waals surface area contributed by atoms with E-state index in [1.165, 1.54) is 11.1 Å². The molecule has 1 aromatic carbocycles. The number of carbonyl (C=O) groups excluding carboxylic acids is 1. The Labute approximate surface area is 118 Å². The number of hydrogen-bond donors (Lipinski definition) is 0. The van der Waals surface area contributed by atoms with Crippen LogP contribution in [-0.2, 0) is 16.1 Å². The summed E-state index contributed by atoms with van der Waals surface area (Å²) < 4.78 is 7.20. The zero-order chi connectivity index (χ0) is 14.1. The number of ether oxygens (including phenoxy) is 1. The number of amides is 1. The van der Waals surface area contributed by atoms with Crippen molar-refractivity contribution < 1.29 is 9.53 Å². The molecule has 0 bridgehead atoms. The molecule has 0 saturated carbocycles. The number of imidazole rings is 1. The predicted molar refractivity (Wildman–Crippen MR) is 76.6 cm³/mol. The fourth-order valence-corrected chi connectivity index (χ4v) is 2.50. The lowest BCUT2D eigenvalue weighted by Crippen LogP contribution is -2.42. The first-order valence-corrected chi connectivity index (χ1v) is 6.93. The molecule has 20 heavy (non-hydrogen) atoms. The van der Waals surface area contributed by atoms with E-state index in [1.807, 2.05) is 9.47 Å². The van der Waals surface area contributed by atoms with Crippen LogP contribution in [0.2, 0.25) is 0 Å². The predicted octanol–water partition coefficient (Wildman–Crippen LogP) is 1.51. The Morgan fingerprint density at radius 2 is 1.95 bits per heavy atom. The largest absolute Gasteiger partial charge is 0.378 e. The van der Waals surface area contributed by atoms with Gasteiger partial charge in [0, 0.05) is 13.1 Å². The molecule has 106 valence electrons. The Bertz CT molecular complexity index is 642. The van der Waals surface area contributed by atoms with Gasteiger partial charge in [-0.25, -0.2) is 4.98 Å². The van der Waals surface area contributed by atoms with E-state index in [0.717, 1.165) is 11.0 Å². The zero-order valence-corrected chi connectivity index (χ0v) is 11.9. The van der Waals surface area contributed by atoms with E-state index in [0.29, 0.717) is 32.8 Å². The smallest absolute Gasteiger partial charge is 0.242 e. The number of fused-ring (bicyclic) bond motifs is 1. The molecule has 1 fully saturated rings. The molecule has 2 heterocycles. The third kappa shape index (κ3) is 2.41. The summed E-state index contributed by atoms with van der Waals surface area (Å²) in [5.74, 6) is 0.130. The van der Waals surface area contributed by atoms with Gasteiger partial charge in [-0.3, -0.25) is 4.79 Å². The molecule has 1 aliphatic rings. The van der Waals surface area contributed by atoms with Crippen molar-refractivity contribution in [1.29, 1.82) is 0 Å². The van der Waals surface area contributed by atoms with E-state index < -0.39 is 0 Å². The minimum atomic E-state index is 0.130. The first-order chi connectivity index (χ1) is 9.65. The number of aryl methyl sites for hydroxylation is 2. The lowest BCUT2D eigenvalue weighted by Gasteiger charge is -2.27. The van der Waals surface area contributed by atoms with Gasteiger partial charge in [-0.1, -0.05) is 0 Å². The highest BCUT2D eigenvalue weighted by Gasteiger charge is 2.18. The van der Waals surface area contributed by atoms with Crippen molar-refractivity contribution in [3.8, 4) is 0 Å². The van der Waals surface area contributed by atoms with Crippen LogP contribution in [0.4, 0.5) is 0 Å². The molecule has 1 amide bonds. The summed E-state index contributed by atoms with van der Waals surface area (Å²) in [7, 11) is 0. The van der Waals surface area contributed by atoms with Crippen LogP contribution >= 0.6 is 0 Å². The van der Waals surface area contributed by atoms with Crippen LogP contribution in [0.5, 0.6) is 0 Å². The van der Waals surface area contributed by atoms with Crippen molar-refractivity contribution in [2.24, 2.45) is 0 Å². The van der Waals surface area contributed by atoms with E-state index >= 15 is 0 Å². The standard InChI is InChI=1S/C15H19N3O2/c1-11-7-13-14(8-12(11)2)18(10-16-13)9-15(19)17-3-5-20-6-4-17/h7-8,10H,3-6,9H2,1-2H3. The van der Waals surface area contributed by atoms with Gasteiger partial charge in [-0.05, 0) is 37.1 Å². The summed E-state index contributed by atoms with van der Waals surface area (Å²) in [6.45, 7) is 7.14. The lowest BCUT2D eigenvalue weighted by atomic mass is 10.1. The van der Waals surface area contributed by atoms with E-state index in [9.17, 15) is 4.79 Å². The van der Waals surface area contributed by atoms with E-state index in [2.05, 4.69) is 31.0 Å². The number of morpholine rings is 1. The zero-order valence-electron chi connectivity index (χ0n) is 11.9. The van der Waals surface area contributed by atoms with Crippen LogP contribution < -0.4 is 0 Å². The SMILES string of the molecule is Cc1cc2ncn(CC(=O)N3CCOCC3)c2cc1C. The summed E-state index contributed by atoms with van der Waals surface area (Å²) in [6, 6.07) is 4.17. The Morgan fingerprint density at radius 1 is 1.25 bits per heavy atom. The topological polar surface area (TPSA) is 47.4 Å². The Morgan fingerprint density at radius 3 is 2.70 bits per heavy atom. The maximum absolute atomic E-state index is 12.3. The Hall–Kier alpha value is -1.88. The normalized spacial score (nSPS) is 15.8. The number of carbonyl (C=O) groups is 1. The van der Waals surface area contributed by atoms with Crippen LogP contribution in [0.1, 0.15) is 11.1 Å². The molecule has 2 aromatic rings. The Balaban J connectivity index is 1.83. The van der Waals surface area contributed by atoms with Gasteiger partial charge in [0.2, 0.25) is 5.91 Å².